The Morgan fingerprint density at radius 2 is 0.474 bits per heavy atom. The summed E-state index contributed by atoms with van der Waals surface area (Å²) in [7, 11) is -3.68. The van der Waals surface area contributed by atoms with E-state index in [0.29, 0.717) is 0 Å². The van der Waals surface area contributed by atoms with Gasteiger partial charge >= 0.3 is 0 Å². The highest BCUT2D eigenvalue weighted by Crippen LogP contribution is 2.36. The molecule has 0 unspecified atom stereocenters. The average Bonchev–Trinajstić information content (AvgIpc) is 3.28. The van der Waals surface area contributed by atoms with E-state index in [1.54, 1.807) is 24.3 Å². The SMILES string of the molecule is O=S(=O)(c1ccc(/C=C/c2ccc(N(c3ccccc3)c3ccccc3)cc2)cc1)c1ccc(/C=C/c2ccc(N(c3ccccc3)c3ccccc3)cc2)cc1. The first-order chi connectivity index (χ1) is 28.0. The van der Waals surface area contributed by atoms with E-state index in [-0.39, 0.29) is 9.79 Å². The normalized spacial score (nSPS) is 11.5. The van der Waals surface area contributed by atoms with Crippen LogP contribution in [0.4, 0.5) is 34.1 Å². The minimum atomic E-state index is -3.68. The van der Waals surface area contributed by atoms with Crippen LogP contribution in [-0.2, 0) is 9.84 Å². The molecular weight excluding hydrogens is 717 g/mol. The molecule has 0 heterocycles. The third-order valence-corrected chi connectivity index (χ3v) is 11.5. The van der Waals surface area contributed by atoms with Crippen LogP contribution in [0.5, 0.6) is 0 Å². The summed E-state index contributed by atoms with van der Waals surface area (Å²) in [6, 6.07) is 72.1. The number of anilines is 6. The number of sulfone groups is 1. The van der Waals surface area contributed by atoms with Crippen molar-refractivity contribution in [3.8, 4) is 0 Å². The molecule has 0 bridgehead atoms. The first-order valence-corrected chi connectivity index (χ1v) is 20.3. The Morgan fingerprint density at radius 1 is 0.263 bits per heavy atom. The van der Waals surface area contributed by atoms with E-state index < -0.39 is 9.84 Å². The summed E-state index contributed by atoms with van der Waals surface area (Å²) in [6.07, 6.45) is 8.06. The lowest BCUT2D eigenvalue weighted by molar-refractivity contribution is 0.596. The molecule has 0 atom stereocenters. The van der Waals surface area contributed by atoms with Crippen molar-refractivity contribution >= 4 is 68.3 Å². The lowest BCUT2D eigenvalue weighted by Gasteiger charge is -2.25. The van der Waals surface area contributed by atoms with Gasteiger partial charge in [-0.15, -0.1) is 0 Å². The van der Waals surface area contributed by atoms with Crippen LogP contribution in [0.15, 0.2) is 228 Å². The van der Waals surface area contributed by atoms with Crippen molar-refractivity contribution in [3.05, 3.63) is 241 Å². The predicted molar refractivity (Wildman–Crippen MR) is 238 cm³/mol. The molecule has 0 radical (unpaired) electrons. The van der Waals surface area contributed by atoms with Gasteiger partial charge in [0.15, 0.2) is 0 Å². The van der Waals surface area contributed by atoms with E-state index in [0.717, 1.165) is 56.4 Å². The van der Waals surface area contributed by atoms with Gasteiger partial charge in [0.1, 0.15) is 0 Å². The van der Waals surface area contributed by atoms with Crippen molar-refractivity contribution in [1.82, 2.24) is 0 Å². The van der Waals surface area contributed by atoms with Gasteiger partial charge in [0, 0.05) is 34.1 Å². The molecule has 8 aromatic rings. The Kier molecular flexibility index (Phi) is 11.0. The molecule has 8 rings (SSSR count). The number of hydrogen-bond donors (Lipinski definition) is 0. The molecule has 0 saturated carbocycles. The minimum absolute atomic E-state index is 0.259. The van der Waals surface area contributed by atoms with E-state index >= 15 is 0 Å². The Morgan fingerprint density at radius 3 is 0.719 bits per heavy atom. The van der Waals surface area contributed by atoms with Gasteiger partial charge in [0.25, 0.3) is 0 Å². The van der Waals surface area contributed by atoms with Crippen LogP contribution in [0.3, 0.4) is 0 Å². The Labute approximate surface area is 335 Å². The van der Waals surface area contributed by atoms with Gasteiger partial charge in [-0.05, 0) is 119 Å². The number of hydrogen-bond acceptors (Lipinski definition) is 4. The molecule has 0 fully saturated rings. The van der Waals surface area contributed by atoms with Gasteiger partial charge in [0.05, 0.1) is 9.79 Å². The number of para-hydroxylation sites is 4. The van der Waals surface area contributed by atoms with Crippen LogP contribution in [0.25, 0.3) is 24.3 Å². The zero-order chi connectivity index (χ0) is 38.9. The molecule has 4 nitrogen and oxygen atoms in total. The van der Waals surface area contributed by atoms with Crippen molar-refractivity contribution in [2.75, 3.05) is 9.80 Å². The molecule has 5 heteroatoms. The Balaban J connectivity index is 0.913. The van der Waals surface area contributed by atoms with Crippen molar-refractivity contribution in [2.45, 2.75) is 9.79 Å². The molecule has 276 valence electrons. The largest absolute Gasteiger partial charge is 0.311 e. The van der Waals surface area contributed by atoms with Crippen LogP contribution < -0.4 is 9.80 Å². The molecule has 0 aliphatic rings. The van der Waals surface area contributed by atoms with Crippen molar-refractivity contribution in [3.63, 3.8) is 0 Å². The predicted octanol–water partition coefficient (Wildman–Crippen LogP) is 13.8. The van der Waals surface area contributed by atoms with Gasteiger partial charge in [-0.3, -0.25) is 0 Å². The second-order valence-corrected chi connectivity index (χ2v) is 15.5. The van der Waals surface area contributed by atoms with Gasteiger partial charge < -0.3 is 9.80 Å². The van der Waals surface area contributed by atoms with Crippen molar-refractivity contribution in [1.29, 1.82) is 0 Å². The molecule has 0 amide bonds. The highest BCUT2D eigenvalue weighted by atomic mass is 32.2. The maximum atomic E-state index is 13.6. The highest BCUT2D eigenvalue weighted by Gasteiger charge is 2.17. The molecule has 0 spiro atoms. The summed E-state index contributed by atoms with van der Waals surface area (Å²) >= 11 is 0. The lowest BCUT2D eigenvalue weighted by Crippen LogP contribution is -2.09. The van der Waals surface area contributed by atoms with Gasteiger partial charge in [-0.1, -0.05) is 146 Å². The number of nitrogens with zero attached hydrogens (tertiary/aromatic N) is 2. The molecular formula is C52H40N2O2S. The average molecular weight is 757 g/mol. The van der Waals surface area contributed by atoms with Crippen molar-refractivity contribution in [2.24, 2.45) is 0 Å². The van der Waals surface area contributed by atoms with Crippen LogP contribution in [-0.4, -0.2) is 8.42 Å². The Hall–Kier alpha value is -7.21. The zero-order valence-corrected chi connectivity index (χ0v) is 32.0. The Bertz CT molecular complexity index is 2420. The van der Waals surface area contributed by atoms with Crippen LogP contribution >= 0.6 is 0 Å². The monoisotopic (exact) mass is 756 g/mol. The molecule has 0 aliphatic carbocycles. The fourth-order valence-electron chi connectivity index (χ4n) is 6.71. The third kappa shape index (κ3) is 8.70. The maximum Gasteiger partial charge on any atom is 0.206 e. The van der Waals surface area contributed by atoms with Crippen LogP contribution in [0, 0.1) is 0 Å². The third-order valence-electron chi connectivity index (χ3n) is 9.68. The fourth-order valence-corrected chi connectivity index (χ4v) is 7.97. The topological polar surface area (TPSA) is 40.6 Å². The quantitative estimate of drug-likeness (QED) is 0.116. The van der Waals surface area contributed by atoms with E-state index in [2.05, 4.69) is 107 Å². The molecule has 0 aliphatic heterocycles. The molecule has 8 aromatic carbocycles. The summed E-state index contributed by atoms with van der Waals surface area (Å²) in [5, 5.41) is 0. The van der Waals surface area contributed by atoms with Gasteiger partial charge in [-0.2, -0.15) is 0 Å². The highest BCUT2D eigenvalue weighted by molar-refractivity contribution is 7.91. The summed E-state index contributed by atoms with van der Waals surface area (Å²) in [5.74, 6) is 0. The van der Waals surface area contributed by atoms with Crippen molar-refractivity contribution < 1.29 is 8.42 Å². The van der Waals surface area contributed by atoms with E-state index in [1.807, 2.05) is 121 Å². The summed E-state index contributed by atoms with van der Waals surface area (Å²) in [5.41, 5.74) is 10.4. The second-order valence-electron chi connectivity index (χ2n) is 13.5. The minimum Gasteiger partial charge on any atom is -0.311 e. The van der Waals surface area contributed by atoms with E-state index in [4.69, 9.17) is 0 Å². The number of rotatable bonds is 12. The summed E-state index contributed by atoms with van der Waals surface area (Å²) in [4.78, 5) is 4.97. The first kappa shape index (κ1) is 36.8. The summed E-state index contributed by atoms with van der Waals surface area (Å²) in [6.45, 7) is 0. The van der Waals surface area contributed by atoms with Crippen LogP contribution in [0.2, 0.25) is 0 Å². The summed E-state index contributed by atoms with van der Waals surface area (Å²) < 4.78 is 27.1. The second kappa shape index (κ2) is 17.1. The molecule has 57 heavy (non-hydrogen) atoms. The molecule has 0 aromatic heterocycles. The lowest BCUT2D eigenvalue weighted by atomic mass is 10.1. The molecule has 0 saturated heterocycles. The first-order valence-electron chi connectivity index (χ1n) is 18.8. The maximum absolute atomic E-state index is 13.6. The standard InChI is InChI=1S/C52H40N2O2S/c55-57(56,51-37-29-43(30-38-51)23-21-41-25-33-49(34-26-41)53(45-13-5-1-6-14-45)46-15-7-2-8-16-46)52-39-31-44(32-40-52)24-22-42-27-35-50(36-28-42)54(47-17-9-3-10-18-47)48-19-11-4-12-20-48/h1-40H/b23-21+,24-22+. The number of benzene rings is 8. The van der Waals surface area contributed by atoms with Gasteiger partial charge in [-0.25, -0.2) is 8.42 Å². The van der Waals surface area contributed by atoms with Crippen LogP contribution in [0.1, 0.15) is 22.3 Å². The zero-order valence-electron chi connectivity index (χ0n) is 31.2. The molecule has 0 N–H and O–H groups in total. The smallest absolute Gasteiger partial charge is 0.206 e. The van der Waals surface area contributed by atoms with E-state index in [1.165, 1.54) is 0 Å². The van der Waals surface area contributed by atoms with Gasteiger partial charge in [0.2, 0.25) is 9.84 Å². The van der Waals surface area contributed by atoms with E-state index in [9.17, 15) is 8.42 Å². The fraction of sp³-hybridized carbons (Fsp3) is 0.